The summed E-state index contributed by atoms with van der Waals surface area (Å²) in [6, 6.07) is 1.41. The van der Waals surface area contributed by atoms with Crippen LogP contribution in [0.5, 0.6) is 0 Å². The average molecular weight is 269 g/mol. The summed E-state index contributed by atoms with van der Waals surface area (Å²) in [5, 5.41) is 3.52. The first-order valence-corrected chi connectivity index (χ1v) is 8.15. The Labute approximate surface area is 120 Å². The van der Waals surface area contributed by atoms with Crippen LogP contribution in [0, 0.1) is 5.92 Å². The first-order chi connectivity index (χ1) is 9.00. The van der Waals surface area contributed by atoms with Gasteiger partial charge >= 0.3 is 0 Å². The Morgan fingerprint density at radius 1 is 1.05 bits per heavy atom. The molecule has 0 radical (unpaired) electrons. The number of nitrogens with zero attached hydrogens (tertiary/aromatic N) is 2. The third-order valence-corrected chi connectivity index (χ3v) is 4.32. The lowest BCUT2D eigenvalue weighted by Gasteiger charge is -2.42. The van der Waals surface area contributed by atoms with Crippen LogP contribution in [0.4, 0.5) is 0 Å². The molecule has 0 amide bonds. The van der Waals surface area contributed by atoms with Gasteiger partial charge in [-0.05, 0) is 59.3 Å². The molecule has 1 saturated heterocycles. The second-order valence-electron chi connectivity index (χ2n) is 6.78. The zero-order chi connectivity index (χ0) is 14.3. The van der Waals surface area contributed by atoms with Crippen molar-refractivity contribution in [3.05, 3.63) is 0 Å². The van der Waals surface area contributed by atoms with E-state index < -0.39 is 0 Å². The topological polar surface area (TPSA) is 18.5 Å². The minimum Gasteiger partial charge on any atom is -0.316 e. The Bertz CT molecular complexity index is 218. The molecule has 114 valence electrons. The monoisotopic (exact) mass is 269 g/mol. The van der Waals surface area contributed by atoms with E-state index in [0.717, 1.165) is 12.5 Å². The van der Waals surface area contributed by atoms with Crippen molar-refractivity contribution in [2.24, 2.45) is 5.92 Å². The number of unbranched alkanes of at least 4 members (excludes halogenated alkanes) is 2. The van der Waals surface area contributed by atoms with Crippen LogP contribution in [0.15, 0.2) is 0 Å². The number of hydrogen-bond donors (Lipinski definition) is 1. The van der Waals surface area contributed by atoms with Crippen LogP contribution in [-0.4, -0.2) is 61.7 Å². The fourth-order valence-corrected chi connectivity index (χ4v) is 2.85. The van der Waals surface area contributed by atoms with Gasteiger partial charge in [0.25, 0.3) is 0 Å². The highest BCUT2D eigenvalue weighted by Crippen LogP contribution is 2.13. The number of hydrogen-bond acceptors (Lipinski definition) is 3. The van der Waals surface area contributed by atoms with Crippen LogP contribution < -0.4 is 5.32 Å². The third-order valence-electron chi connectivity index (χ3n) is 4.32. The Balaban J connectivity index is 2.01. The highest BCUT2D eigenvalue weighted by molar-refractivity contribution is 4.82. The van der Waals surface area contributed by atoms with Gasteiger partial charge < -0.3 is 10.2 Å². The molecule has 1 aliphatic heterocycles. The second kappa shape index (κ2) is 8.93. The van der Waals surface area contributed by atoms with E-state index in [1.807, 2.05) is 0 Å². The van der Waals surface area contributed by atoms with Gasteiger partial charge in [-0.1, -0.05) is 20.3 Å². The van der Waals surface area contributed by atoms with Crippen molar-refractivity contribution in [1.29, 1.82) is 0 Å². The van der Waals surface area contributed by atoms with E-state index in [4.69, 9.17) is 0 Å². The van der Waals surface area contributed by atoms with Crippen molar-refractivity contribution in [1.82, 2.24) is 15.1 Å². The molecular formula is C16H35N3. The van der Waals surface area contributed by atoms with Crippen LogP contribution in [0.3, 0.4) is 0 Å². The summed E-state index contributed by atoms with van der Waals surface area (Å²) in [6.45, 7) is 15.3. The Kier molecular flexibility index (Phi) is 7.96. The quantitative estimate of drug-likeness (QED) is 0.683. The predicted octanol–water partition coefficient (Wildman–Crippen LogP) is 2.43. The number of nitrogens with one attached hydrogen (secondary N) is 1. The fraction of sp³-hybridized carbons (Fsp3) is 1.00. The zero-order valence-electron chi connectivity index (χ0n) is 13.8. The largest absolute Gasteiger partial charge is 0.316 e. The van der Waals surface area contributed by atoms with E-state index >= 15 is 0 Å². The lowest BCUT2D eigenvalue weighted by Crippen LogP contribution is -2.54. The summed E-state index contributed by atoms with van der Waals surface area (Å²) in [7, 11) is 2.26. The van der Waals surface area contributed by atoms with Gasteiger partial charge in [0.1, 0.15) is 0 Å². The fourth-order valence-electron chi connectivity index (χ4n) is 2.85. The Hall–Kier alpha value is -0.120. The highest BCUT2D eigenvalue weighted by atomic mass is 15.3. The van der Waals surface area contributed by atoms with E-state index in [1.165, 1.54) is 45.4 Å². The molecule has 19 heavy (non-hydrogen) atoms. The summed E-state index contributed by atoms with van der Waals surface area (Å²) in [5.41, 5.74) is 0. The van der Waals surface area contributed by atoms with Crippen molar-refractivity contribution >= 4 is 0 Å². The first-order valence-electron chi connectivity index (χ1n) is 8.15. The molecule has 0 aromatic rings. The molecule has 0 saturated carbocycles. The summed E-state index contributed by atoms with van der Waals surface area (Å²) < 4.78 is 0. The van der Waals surface area contributed by atoms with Gasteiger partial charge in [-0.25, -0.2) is 0 Å². The van der Waals surface area contributed by atoms with Crippen molar-refractivity contribution < 1.29 is 0 Å². The van der Waals surface area contributed by atoms with E-state index in [9.17, 15) is 0 Å². The predicted molar refractivity (Wildman–Crippen MR) is 84.7 cm³/mol. The van der Waals surface area contributed by atoms with Gasteiger partial charge in [0.15, 0.2) is 0 Å². The van der Waals surface area contributed by atoms with Gasteiger partial charge in [-0.15, -0.1) is 0 Å². The van der Waals surface area contributed by atoms with Crippen LogP contribution >= 0.6 is 0 Å². The molecular weight excluding hydrogens is 234 g/mol. The molecule has 1 rings (SSSR count). The van der Waals surface area contributed by atoms with Crippen LogP contribution in [0.25, 0.3) is 0 Å². The lowest BCUT2D eigenvalue weighted by atomic mass is 10.1. The standard InChI is InChI=1S/C16H35N3/c1-14(2)11-17-9-7-6-8-10-19-12-15(3)18(5)16(4)13-19/h14-17H,6-13H2,1-5H3. The van der Waals surface area contributed by atoms with Gasteiger partial charge in [-0.2, -0.15) is 0 Å². The van der Waals surface area contributed by atoms with Crippen molar-refractivity contribution in [3.8, 4) is 0 Å². The maximum Gasteiger partial charge on any atom is 0.0195 e. The summed E-state index contributed by atoms with van der Waals surface area (Å²) in [4.78, 5) is 5.16. The molecule has 3 heteroatoms. The van der Waals surface area contributed by atoms with Gasteiger partial charge in [0, 0.05) is 25.2 Å². The van der Waals surface area contributed by atoms with Crippen molar-refractivity contribution in [2.45, 2.75) is 59.0 Å². The molecule has 0 aromatic heterocycles. The summed E-state index contributed by atoms with van der Waals surface area (Å²) >= 11 is 0. The summed E-state index contributed by atoms with van der Waals surface area (Å²) in [5.74, 6) is 0.772. The summed E-state index contributed by atoms with van der Waals surface area (Å²) in [6.07, 6.45) is 4.04. The molecule has 3 nitrogen and oxygen atoms in total. The molecule has 1 fully saturated rings. The molecule has 0 spiro atoms. The molecule has 0 aromatic carbocycles. The van der Waals surface area contributed by atoms with Crippen molar-refractivity contribution in [2.75, 3.05) is 39.8 Å². The van der Waals surface area contributed by atoms with Gasteiger partial charge in [-0.3, -0.25) is 4.90 Å². The molecule has 1 N–H and O–H groups in total. The van der Waals surface area contributed by atoms with E-state index in [-0.39, 0.29) is 0 Å². The van der Waals surface area contributed by atoms with E-state index in [0.29, 0.717) is 12.1 Å². The van der Waals surface area contributed by atoms with Crippen LogP contribution in [-0.2, 0) is 0 Å². The molecule has 0 aliphatic carbocycles. The normalized spacial score (nSPS) is 26.2. The smallest absolute Gasteiger partial charge is 0.0195 e. The Morgan fingerprint density at radius 2 is 1.68 bits per heavy atom. The lowest BCUT2D eigenvalue weighted by molar-refractivity contribution is 0.0591. The maximum atomic E-state index is 3.52. The third kappa shape index (κ3) is 6.73. The van der Waals surface area contributed by atoms with Crippen molar-refractivity contribution in [3.63, 3.8) is 0 Å². The number of likely N-dealkylation sites (N-methyl/N-ethyl adjacent to an activating group) is 1. The zero-order valence-corrected chi connectivity index (χ0v) is 13.8. The molecule has 1 heterocycles. The van der Waals surface area contributed by atoms with Gasteiger partial charge in [0.05, 0.1) is 0 Å². The molecule has 2 atom stereocenters. The minimum atomic E-state index is 0.705. The minimum absolute atomic E-state index is 0.705. The number of piperazine rings is 1. The average Bonchev–Trinajstić information content (AvgIpc) is 2.34. The molecule has 2 unspecified atom stereocenters. The maximum absolute atomic E-state index is 3.52. The SMILES string of the molecule is CC(C)CNCCCCCN1CC(C)N(C)C(C)C1. The van der Waals surface area contributed by atoms with Crippen LogP contribution in [0.1, 0.15) is 47.0 Å². The Morgan fingerprint density at radius 3 is 2.26 bits per heavy atom. The van der Waals surface area contributed by atoms with Gasteiger partial charge in [0.2, 0.25) is 0 Å². The second-order valence-corrected chi connectivity index (χ2v) is 6.78. The first kappa shape index (κ1) is 16.9. The highest BCUT2D eigenvalue weighted by Gasteiger charge is 2.25. The van der Waals surface area contributed by atoms with E-state index in [1.54, 1.807) is 0 Å². The molecule has 1 aliphatic rings. The number of rotatable bonds is 8. The molecule has 0 bridgehead atoms. The van der Waals surface area contributed by atoms with Crippen LogP contribution in [0.2, 0.25) is 0 Å². The van der Waals surface area contributed by atoms with E-state index in [2.05, 4.69) is 49.9 Å².